The first-order valence-corrected chi connectivity index (χ1v) is 32.5. The van der Waals surface area contributed by atoms with E-state index in [4.69, 9.17) is 42.6 Å². The molecule has 25 nitrogen and oxygen atoms in total. The van der Waals surface area contributed by atoms with E-state index < -0.39 is 54.1 Å². The summed E-state index contributed by atoms with van der Waals surface area (Å²) >= 11 is 0. The molecule has 0 aromatic heterocycles. The van der Waals surface area contributed by atoms with Crippen molar-refractivity contribution in [2.24, 2.45) is 10.9 Å². The number of nitrogens with zero attached hydrogens (tertiary/aromatic N) is 4. The van der Waals surface area contributed by atoms with Crippen molar-refractivity contribution in [3.63, 3.8) is 0 Å². The molecular weight excluding hydrogens is 1250 g/mol. The zero-order valence-corrected chi connectivity index (χ0v) is 56.0. The third-order valence-electron chi connectivity index (χ3n) is 15.9. The van der Waals surface area contributed by atoms with E-state index in [-0.39, 0.29) is 105 Å². The maximum absolute atomic E-state index is 14.4. The van der Waals surface area contributed by atoms with E-state index in [9.17, 15) is 38.7 Å². The molecule has 7 amide bonds. The van der Waals surface area contributed by atoms with Crippen molar-refractivity contribution in [2.45, 2.75) is 104 Å². The molecule has 3 aromatic rings. The van der Waals surface area contributed by atoms with Crippen LogP contribution in [0.1, 0.15) is 93.0 Å². The number of aliphatic hydroxyl groups is 1. The van der Waals surface area contributed by atoms with Crippen LogP contribution < -0.4 is 45.1 Å². The first kappa shape index (κ1) is 73.2. The van der Waals surface area contributed by atoms with Crippen molar-refractivity contribution in [1.82, 2.24) is 25.8 Å². The number of rotatable bonds is 35. The number of hydrogen-bond acceptors (Lipinski definition) is 18. The summed E-state index contributed by atoms with van der Waals surface area (Å²) in [6.07, 6.45) is 25.1. The fourth-order valence-corrected chi connectivity index (χ4v) is 10.9. The first-order chi connectivity index (χ1) is 47.0. The maximum atomic E-state index is 14.4. The zero-order chi connectivity index (χ0) is 69.2. The van der Waals surface area contributed by atoms with E-state index >= 15 is 0 Å². The Hall–Kier alpha value is -9.66. The standard InChI is InChI=1S/C72H88N8O17/c1-8-16-51-36-54-43-74-57-41-62(60(89-6)39-55(57)69(85)78(54)44-51)95-26-15-27-96-63-42-58-56(40-61(63)90-7)70(86)79-45-52(17-9-2)37-59(79)71(87)80(58)72(88)97-46-50-20-22-53(23-21-50)76-67(83)48(5)75-68(84)66(47(3)4)77-64(81)24-28-91-30-32-93-34-35-94-33-31-92-29-25-73-65(82)38-49-18-13-11-10-12-14-19-49/h8-14,16-23,39-45,47-48,54,59,66,71,87H,15,24-38,46H2,1-7H3,(H,73,82)(H,75,84)(H,76,83)(H,77,81)/b11-10-,12-10?,13-11?,14-12-,16-8+,17-9+,18-13?,19-14?,49-18?,49-19?/t48-,54-,59?,66-,71-/m0/s1. The van der Waals surface area contributed by atoms with Crippen LogP contribution in [0.15, 0.2) is 149 Å². The van der Waals surface area contributed by atoms with Crippen LogP contribution in [0.3, 0.4) is 0 Å². The molecule has 0 spiro atoms. The highest BCUT2D eigenvalue weighted by molar-refractivity contribution is 6.07. The Bertz CT molecular complexity index is 3570. The van der Waals surface area contributed by atoms with Crippen molar-refractivity contribution in [3.05, 3.63) is 161 Å². The summed E-state index contributed by atoms with van der Waals surface area (Å²) < 4.78 is 51.8. The fraction of sp³-hybridized carbons (Fsp3) is 0.417. The van der Waals surface area contributed by atoms with Crippen molar-refractivity contribution in [3.8, 4) is 23.0 Å². The minimum Gasteiger partial charge on any atom is -0.493 e. The van der Waals surface area contributed by atoms with E-state index in [2.05, 4.69) is 26.3 Å². The van der Waals surface area contributed by atoms with E-state index in [1.165, 1.54) is 38.2 Å². The zero-order valence-electron chi connectivity index (χ0n) is 56.0. The molecule has 4 aliphatic heterocycles. The molecule has 5 aliphatic rings. The maximum Gasteiger partial charge on any atom is 0.416 e. The van der Waals surface area contributed by atoms with Gasteiger partial charge in [0, 0.05) is 55.8 Å². The largest absolute Gasteiger partial charge is 0.493 e. The summed E-state index contributed by atoms with van der Waals surface area (Å²) in [7, 11) is 2.91. The lowest BCUT2D eigenvalue weighted by Gasteiger charge is -2.31. The highest BCUT2D eigenvalue weighted by Gasteiger charge is 2.45. The van der Waals surface area contributed by atoms with E-state index in [1.807, 2.05) is 86.9 Å². The van der Waals surface area contributed by atoms with Gasteiger partial charge >= 0.3 is 6.09 Å². The quantitative estimate of drug-likeness (QED) is 0.0346. The minimum absolute atomic E-state index is 0.00982. The Kier molecular flexibility index (Phi) is 27.9. The van der Waals surface area contributed by atoms with Gasteiger partial charge in [-0.2, -0.15) is 0 Å². The van der Waals surface area contributed by atoms with Crippen LogP contribution in [0, 0.1) is 5.92 Å². The highest BCUT2D eigenvalue weighted by Crippen LogP contribution is 2.43. The second-order valence-corrected chi connectivity index (χ2v) is 23.4. The second kappa shape index (κ2) is 37.0. The van der Waals surface area contributed by atoms with Crippen LogP contribution in [-0.4, -0.2) is 180 Å². The van der Waals surface area contributed by atoms with Crippen LogP contribution in [-0.2, 0) is 49.5 Å². The number of fused-ring (bicyclic) bond motifs is 4. The summed E-state index contributed by atoms with van der Waals surface area (Å²) in [6, 6.07) is 9.64. The lowest BCUT2D eigenvalue weighted by molar-refractivity contribution is -0.132. The molecule has 4 heterocycles. The summed E-state index contributed by atoms with van der Waals surface area (Å²) in [6.45, 7) is 11.6. The number of benzene rings is 3. The molecule has 0 fully saturated rings. The number of aliphatic hydroxyl groups excluding tert-OH is 1. The van der Waals surface area contributed by atoms with Crippen molar-refractivity contribution < 1.29 is 81.3 Å². The number of hydrogen-bond donors (Lipinski definition) is 5. The Morgan fingerprint density at radius 1 is 0.670 bits per heavy atom. The van der Waals surface area contributed by atoms with E-state index in [1.54, 1.807) is 67.6 Å². The predicted octanol–water partition coefficient (Wildman–Crippen LogP) is 8.25. The molecule has 0 saturated heterocycles. The number of ether oxygens (including phenoxy) is 9. The normalized spacial score (nSPS) is 18.3. The lowest BCUT2D eigenvalue weighted by atomic mass is 10.0. The van der Waals surface area contributed by atoms with Crippen molar-refractivity contribution >= 4 is 64.8 Å². The summed E-state index contributed by atoms with van der Waals surface area (Å²) in [4.78, 5) is 103. The van der Waals surface area contributed by atoms with Crippen LogP contribution in [0.4, 0.5) is 21.9 Å². The van der Waals surface area contributed by atoms with E-state index in [0.29, 0.717) is 86.4 Å². The van der Waals surface area contributed by atoms with Gasteiger partial charge in [0.2, 0.25) is 23.6 Å². The number of allylic oxidation sites excluding steroid dienone is 11. The number of methoxy groups -OCH3 is 2. The van der Waals surface area contributed by atoms with Gasteiger partial charge in [0.1, 0.15) is 18.7 Å². The van der Waals surface area contributed by atoms with Gasteiger partial charge < -0.3 is 78.8 Å². The average Bonchev–Trinajstić information content (AvgIpc) is 1.64. The van der Waals surface area contributed by atoms with Crippen LogP contribution in [0.2, 0.25) is 0 Å². The molecule has 0 radical (unpaired) electrons. The Balaban J connectivity index is 0.760. The van der Waals surface area contributed by atoms with Gasteiger partial charge in [0.05, 0.1) is 121 Å². The second-order valence-electron chi connectivity index (χ2n) is 23.4. The third-order valence-corrected chi connectivity index (χ3v) is 15.9. The first-order valence-electron chi connectivity index (χ1n) is 32.5. The van der Waals surface area contributed by atoms with Gasteiger partial charge in [0.15, 0.2) is 29.2 Å². The molecule has 1 aliphatic carbocycles. The molecule has 8 rings (SSSR count). The van der Waals surface area contributed by atoms with Gasteiger partial charge in [-0.25, -0.2) is 9.69 Å². The fourth-order valence-electron chi connectivity index (χ4n) is 10.9. The topological polar surface area (TPSA) is 293 Å². The number of aliphatic imine (C=N–C) groups is 1. The molecular formula is C72H88N8O17. The third kappa shape index (κ3) is 20.7. The average molecular weight is 1340 g/mol. The highest BCUT2D eigenvalue weighted by atomic mass is 16.6. The molecule has 25 heteroatoms. The molecule has 1 unspecified atom stereocenters. The monoisotopic (exact) mass is 1340 g/mol. The van der Waals surface area contributed by atoms with Gasteiger partial charge in [-0.1, -0.05) is 92.8 Å². The lowest BCUT2D eigenvalue weighted by Crippen LogP contribution is -2.53. The van der Waals surface area contributed by atoms with Crippen LogP contribution in [0.25, 0.3) is 0 Å². The number of nitrogens with one attached hydrogen (secondary N) is 4. The van der Waals surface area contributed by atoms with E-state index in [0.717, 1.165) is 21.6 Å². The molecule has 5 N–H and O–H groups in total. The smallest absolute Gasteiger partial charge is 0.416 e. The van der Waals surface area contributed by atoms with Gasteiger partial charge in [0.25, 0.3) is 11.8 Å². The minimum atomic E-state index is -1.58. The molecule has 5 atom stereocenters. The Morgan fingerprint density at radius 3 is 1.95 bits per heavy atom. The van der Waals surface area contributed by atoms with Gasteiger partial charge in [-0.3, -0.25) is 33.8 Å². The molecule has 518 valence electrons. The van der Waals surface area contributed by atoms with Crippen molar-refractivity contribution in [1.29, 1.82) is 0 Å². The molecule has 97 heavy (non-hydrogen) atoms. The molecule has 0 bridgehead atoms. The molecule has 0 saturated carbocycles. The number of carbonyl (C=O) groups excluding carboxylic acids is 7. The molecule has 3 aromatic carbocycles. The van der Waals surface area contributed by atoms with Crippen molar-refractivity contribution in [2.75, 3.05) is 97.0 Å². The summed E-state index contributed by atoms with van der Waals surface area (Å²) in [5, 5.41) is 23.2. The van der Waals surface area contributed by atoms with Gasteiger partial charge in [-0.15, -0.1) is 0 Å². The number of amides is 7. The van der Waals surface area contributed by atoms with Crippen LogP contribution in [0.5, 0.6) is 23.0 Å². The SMILES string of the molecule is C/C=C/C1=CN2C(=O)c3cc(OC)c(OCCCOc4cc5c(cc4OC)C(=O)N4C=C(/C=C/C)C[C@H]4C=N5)cc3N(C(=O)OCc3ccc(NC(=O)[C@H](C)NC(=O)[C@@H](NC(=O)CCOCCOCCOCCOCCNC(=O)CC4=C/C=C\C=C/C=C4)C(C)C)cc3)[C@@H](O)C2C1. The van der Waals surface area contributed by atoms with Crippen LogP contribution >= 0.6 is 0 Å². The summed E-state index contributed by atoms with van der Waals surface area (Å²) in [5.74, 6) is -1.48. The Morgan fingerprint density at radius 2 is 1.28 bits per heavy atom. The predicted molar refractivity (Wildman–Crippen MR) is 364 cm³/mol. The van der Waals surface area contributed by atoms with Gasteiger partial charge in [-0.05, 0) is 86.1 Å². The summed E-state index contributed by atoms with van der Waals surface area (Å²) in [5.41, 5.74) is 4.50. The Labute approximate surface area is 565 Å². The number of anilines is 2. The number of carbonyl (C=O) groups is 7.